The molecule has 0 saturated carbocycles. The molecule has 0 aliphatic heterocycles. The molecule has 8 heteroatoms. The maximum Gasteiger partial charge on any atom is 0.326 e. The Morgan fingerprint density at radius 1 is 1.11 bits per heavy atom. The number of carbonyl (C=O) groups excluding carboxylic acids is 1. The first kappa shape index (κ1) is 21.6. The summed E-state index contributed by atoms with van der Waals surface area (Å²) in [7, 11) is -3.96. The SMILES string of the molecule is CC(C)c1ccc(COC(=O)C(CO)NS(=O)(=O)c2ccc(Br)cc2)cc1. The molecule has 0 aliphatic rings. The number of benzene rings is 2. The largest absolute Gasteiger partial charge is 0.460 e. The lowest BCUT2D eigenvalue weighted by molar-refractivity contribution is -0.148. The molecule has 0 spiro atoms. The zero-order valence-corrected chi connectivity index (χ0v) is 17.5. The van der Waals surface area contributed by atoms with Crippen molar-refractivity contribution in [3.05, 3.63) is 64.1 Å². The maximum absolute atomic E-state index is 12.3. The van der Waals surface area contributed by atoms with Gasteiger partial charge in [-0.15, -0.1) is 0 Å². The van der Waals surface area contributed by atoms with E-state index < -0.39 is 28.6 Å². The van der Waals surface area contributed by atoms with Gasteiger partial charge in [-0.3, -0.25) is 4.79 Å². The average molecular weight is 456 g/mol. The van der Waals surface area contributed by atoms with E-state index in [2.05, 4.69) is 34.5 Å². The number of carbonyl (C=O) groups is 1. The highest BCUT2D eigenvalue weighted by atomic mass is 79.9. The average Bonchev–Trinajstić information content (AvgIpc) is 2.64. The van der Waals surface area contributed by atoms with Crippen LogP contribution >= 0.6 is 15.9 Å². The summed E-state index contributed by atoms with van der Waals surface area (Å²) in [5.41, 5.74) is 1.95. The van der Waals surface area contributed by atoms with Crippen LogP contribution in [0.5, 0.6) is 0 Å². The third-order valence-corrected chi connectivity index (χ3v) is 5.93. The predicted molar refractivity (Wildman–Crippen MR) is 106 cm³/mol. The highest BCUT2D eigenvalue weighted by molar-refractivity contribution is 9.10. The molecular weight excluding hydrogens is 434 g/mol. The summed E-state index contributed by atoms with van der Waals surface area (Å²) in [5.74, 6) is -0.445. The Labute approximate surface area is 167 Å². The number of aliphatic hydroxyl groups excluding tert-OH is 1. The van der Waals surface area contributed by atoms with E-state index in [1.165, 1.54) is 17.7 Å². The fourth-order valence-electron chi connectivity index (χ4n) is 2.28. The summed E-state index contributed by atoms with van der Waals surface area (Å²) in [6, 6.07) is 12.1. The van der Waals surface area contributed by atoms with Gasteiger partial charge in [0.05, 0.1) is 11.5 Å². The van der Waals surface area contributed by atoms with Gasteiger partial charge in [0.15, 0.2) is 0 Å². The van der Waals surface area contributed by atoms with Crippen molar-refractivity contribution in [1.82, 2.24) is 4.72 Å². The standard InChI is InChI=1S/C19H22BrNO5S/c1-13(2)15-5-3-14(4-6-15)12-26-19(23)18(11-22)21-27(24,25)17-9-7-16(20)8-10-17/h3-10,13,18,21-22H,11-12H2,1-2H3. The summed E-state index contributed by atoms with van der Waals surface area (Å²) >= 11 is 3.23. The van der Waals surface area contributed by atoms with Crippen LogP contribution in [0, 0.1) is 0 Å². The minimum atomic E-state index is -3.96. The second-order valence-corrected chi connectivity index (χ2v) is 8.94. The van der Waals surface area contributed by atoms with E-state index in [0.717, 1.165) is 10.0 Å². The molecule has 0 amide bonds. The minimum Gasteiger partial charge on any atom is -0.460 e. The lowest BCUT2D eigenvalue weighted by Gasteiger charge is -2.16. The zero-order valence-electron chi connectivity index (χ0n) is 15.1. The van der Waals surface area contributed by atoms with Crippen molar-refractivity contribution in [3.8, 4) is 0 Å². The molecule has 0 fully saturated rings. The number of esters is 1. The Balaban J connectivity index is 1.99. The van der Waals surface area contributed by atoms with E-state index in [1.54, 1.807) is 12.1 Å². The molecule has 0 radical (unpaired) electrons. The number of ether oxygens (including phenoxy) is 1. The zero-order chi connectivity index (χ0) is 20.0. The number of sulfonamides is 1. The summed E-state index contributed by atoms with van der Waals surface area (Å²) in [6.45, 7) is 3.45. The highest BCUT2D eigenvalue weighted by Gasteiger charge is 2.26. The number of hydrogen-bond acceptors (Lipinski definition) is 5. The van der Waals surface area contributed by atoms with Crippen molar-refractivity contribution in [1.29, 1.82) is 0 Å². The van der Waals surface area contributed by atoms with E-state index in [1.807, 2.05) is 24.3 Å². The third-order valence-electron chi connectivity index (χ3n) is 3.92. The van der Waals surface area contributed by atoms with Gasteiger partial charge in [0.1, 0.15) is 12.6 Å². The van der Waals surface area contributed by atoms with Crippen LogP contribution in [0.2, 0.25) is 0 Å². The summed E-state index contributed by atoms with van der Waals surface area (Å²) in [6.07, 6.45) is 0. The van der Waals surface area contributed by atoms with Gasteiger partial charge < -0.3 is 9.84 Å². The summed E-state index contributed by atoms with van der Waals surface area (Å²) in [5, 5.41) is 9.41. The van der Waals surface area contributed by atoms with E-state index in [-0.39, 0.29) is 11.5 Å². The number of halogens is 1. The maximum atomic E-state index is 12.3. The van der Waals surface area contributed by atoms with Gasteiger partial charge in [-0.05, 0) is 41.3 Å². The second kappa shape index (κ2) is 9.45. The van der Waals surface area contributed by atoms with E-state index in [4.69, 9.17) is 4.74 Å². The number of rotatable bonds is 8. The molecule has 146 valence electrons. The monoisotopic (exact) mass is 455 g/mol. The molecule has 2 aromatic rings. The molecule has 2 rings (SSSR count). The molecule has 1 unspecified atom stereocenters. The van der Waals surface area contributed by atoms with Crippen LogP contribution in [0.25, 0.3) is 0 Å². The number of nitrogens with one attached hydrogen (secondary N) is 1. The first-order chi connectivity index (χ1) is 12.7. The van der Waals surface area contributed by atoms with Crippen LogP contribution in [-0.2, 0) is 26.2 Å². The quantitative estimate of drug-likeness (QED) is 0.596. The Morgan fingerprint density at radius 3 is 2.22 bits per heavy atom. The van der Waals surface area contributed by atoms with Crippen molar-refractivity contribution in [2.45, 2.75) is 37.3 Å². The molecule has 0 heterocycles. The number of aliphatic hydroxyl groups is 1. The van der Waals surface area contributed by atoms with Crippen LogP contribution in [-0.4, -0.2) is 32.1 Å². The van der Waals surface area contributed by atoms with E-state index in [9.17, 15) is 18.3 Å². The Bertz CT molecular complexity index is 864. The highest BCUT2D eigenvalue weighted by Crippen LogP contribution is 2.16. The van der Waals surface area contributed by atoms with E-state index in [0.29, 0.717) is 5.92 Å². The van der Waals surface area contributed by atoms with Crippen LogP contribution < -0.4 is 4.72 Å². The molecular formula is C19H22BrNO5S. The molecule has 0 aliphatic carbocycles. The van der Waals surface area contributed by atoms with Gasteiger partial charge in [-0.25, -0.2) is 8.42 Å². The van der Waals surface area contributed by atoms with Gasteiger partial charge in [0, 0.05) is 4.47 Å². The second-order valence-electron chi connectivity index (χ2n) is 6.31. The molecule has 0 saturated heterocycles. The number of hydrogen-bond donors (Lipinski definition) is 2. The first-order valence-electron chi connectivity index (χ1n) is 8.37. The fourth-order valence-corrected chi connectivity index (χ4v) is 3.72. The molecule has 6 nitrogen and oxygen atoms in total. The van der Waals surface area contributed by atoms with Gasteiger partial charge in [-0.2, -0.15) is 4.72 Å². The van der Waals surface area contributed by atoms with Crippen LogP contribution in [0.4, 0.5) is 0 Å². The molecule has 2 aromatic carbocycles. The summed E-state index contributed by atoms with van der Waals surface area (Å²) < 4.78 is 32.7. The third kappa shape index (κ3) is 6.14. The minimum absolute atomic E-state index is 0.00623. The molecule has 1 atom stereocenters. The van der Waals surface area contributed by atoms with Crippen molar-refractivity contribution >= 4 is 31.9 Å². The molecule has 0 aromatic heterocycles. The molecule has 0 bridgehead atoms. The molecule has 27 heavy (non-hydrogen) atoms. The molecule has 2 N–H and O–H groups in total. The van der Waals surface area contributed by atoms with Crippen molar-refractivity contribution < 1.29 is 23.1 Å². The normalized spacial score (nSPS) is 12.8. The van der Waals surface area contributed by atoms with Crippen LogP contribution in [0.15, 0.2) is 57.9 Å². The lowest BCUT2D eigenvalue weighted by Crippen LogP contribution is -2.44. The Hall–Kier alpha value is -1.74. The van der Waals surface area contributed by atoms with Gasteiger partial charge in [-0.1, -0.05) is 54.0 Å². The first-order valence-corrected chi connectivity index (χ1v) is 10.6. The van der Waals surface area contributed by atoms with Crippen molar-refractivity contribution in [2.75, 3.05) is 6.61 Å². The Morgan fingerprint density at radius 2 is 1.70 bits per heavy atom. The van der Waals surface area contributed by atoms with Crippen molar-refractivity contribution in [2.24, 2.45) is 0 Å². The summed E-state index contributed by atoms with van der Waals surface area (Å²) in [4.78, 5) is 12.2. The lowest BCUT2D eigenvalue weighted by atomic mass is 10.0. The predicted octanol–water partition coefficient (Wildman–Crippen LogP) is 2.96. The van der Waals surface area contributed by atoms with Gasteiger partial charge in [0.25, 0.3) is 0 Å². The van der Waals surface area contributed by atoms with Crippen LogP contribution in [0.3, 0.4) is 0 Å². The van der Waals surface area contributed by atoms with Crippen LogP contribution in [0.1, 0.15) is 30.9 Å². The van der Waals surface area contributed by atoms with E-state index >= 15 is 0 Å². The topological polar surface area (TPSA) is 92.7 Å². The fraction of sp³-hybridized carbons (Fsp3) is 0.316. The van der Waals surface area contributed by atoms with Crippen molar-refractivity contribution in [3.63, 3.8) is 0 Å². The Kier molecular flexibility index (Phi) is 7.55. The van der Waals surface area contributed by atoms with Gasteiger partial charge in [0.2, 0.25) is 10.0 Å². The smallest absolute Gasteiger partial charge is 0.326 e. The van der Waals surface area contributed by atoms with Gasteiger partial charge >= 0.3 is 5.97 Å².